The molecule has 0 unspecified atom stereocenters. The second-order valence-corrected chi connectivity index (χ2v) is 4.91. The van der Waals surface area contributed by atoms with E-state index in [2.05, 4.69) is 0 Å². The summed E-state index contributed by atoms with van der Waals surface area (Å²) >= 11 is 0. The monoisotopic (exact) mass is 313 g/mol. The summed E-state index contributed by atoms with van der Waals surface area (Å²) in [6, 6.07) is 9.64. The highest BCUT2D eigenvalue weighted by Gasteiger charge is 2.36. The number of fused-ring (bicyclic) bond motifs is 1. The summed E-state index contributed by atoms with van der Waals surface area (Å²) in [6.07, 6.45) is 0. The van der Waals surface area contributed by atoms with Crippen molar-refractivity contribution in [2.75, 3.05) is 11.5 Å². The van der Waals surface area contributed by atoms with Gasteiger partial charge >= 0.3 is 5.97 Å². The summed E-state index contributed by atoms with van der Waals surface area (Å²) in [5.41, 5.74) is 0.441. The molecule has 2 aromatic carbocycles. The molecule has 0 saturated carbocycles. The fourth-order valence-corrected chi connectivity index (χ4v) is 2.46. The van der Waals surface area contributed by atoms with Crippen LogP contribution in [-0.4, -0.2) is 24.4 Å². The molecule has 2 aromatic rings. The molecule has 2 amide bonds. The Balaban J connectivity index is 2.05. The van der Waals surface area contributed by atoms with Crippen LogP contribution in [0.4, 0.5) is 10.1 Å². The summed E-state index contributed by atoms with van der Waals surface area (Å²) in [5, 5.41) is 0. The number of benzene rings is 2. The maximum atomic E-state index is 13.8. The highest BCUT2D eigenvalue weighted by molar-refractivity contribution is 6.34. The Morgan fingerprint density at radius 2 is 1.70 bits per heavy atom. The fourth-order valence-electron chi connectivity index (χ4n) is 2.46. The largest absolute Gasteiger partial charge is 0.462 e. The average Bonchev–Trinajstić information content (AvgIpc) is 2.79. The number of rotatable bonds is 3. The van der Waals surface area contributed by atoms with Gasteiger partial charge in [0.2, 0.25) is 0 Å². The van der Waals surface area contributed by atoms with Crippen molar-refractivity contribution in [3.8, 4) is 0 Å². The van der Waals surface area contributed by atoms with Gasteiger partial charge in [-0.3, -0.25) is 9.59 Å². The summed E-state index contributed by atoms with van der Waals surface area (Å²) in [5.74, 6) is -2.55. The summed E-state index contributed by atoms with van der Waals surface area (Å²) in [6.45, 7) is 1.76. The number of hydrogen-bond donors (Lipinski definition) is 0. The van der Waals surface area contributed by atoms with E-state index < -0.39 is 23.6 Å². The SMILES string of the molecule is CCOC(=O)c1cc(F)cc(N2C(=O)c3ccccc3C2=O)c1. The molecule has 6 heteroatoms. The highest BCUT2D eigenvalue weighted by atomic mass is 19.1. The number of anilines is 1. The minimum atomic E-state index is -0.734. The molecule has 23 heavy (non-hydrogen) atoms. The number of imide groups is 1. The fraction of sp³-hybridized carbons (Fsp3) is 0.118. The molecule has 1 aliphatic rings. The third-order valence-electron chi connectivity index (χ3n) is 3.45. The van der Waals surface area contributed by atoms with E-state index in [1.165, 1.54) is 18.2 Å². The first kappa shape index (κ1) is 14.9. The van der Waals surface area contributed by atoms with Gasteiger partial charge in [-0.05, 0) is 37.3 Å². The molecule has 116 valence electrons. The first-order chi connectivity index (χ1) is 11.0. The zero-order valence-electron chi connectivity index (χ0n) is 12.2. The molecule has 3 rings (SSSR count). The number of esters is 1. The van der Waals surface area contributed by atoms with Gasteiger partial charge in [-0.1, -0.05) is 12.1 Å². The van der Waals surface area contributed by atoms with Gasteiger partial charge < -0.3 is 4.74 Å². The van der Waals surface area contributed by atoms with Gasteiger partial charge in [-0.15, -0.1) is 0 Å². The Morgan fingerprint density at radius 1 is 1.09 bits per heavy atom. The predicted molar refractivity (Wildman–Crippen MR) is 79.9 cm³/mol. The number of nitrogens with zero attached hydrogens (tertiary/aromatic N) is 1. The quantitative estimate of drug-likeness (QED) is 0.645. The van der Waals surface area contributed by atoms with Crippen LogP contribution in [0.3, 0.4) is 0 Å². The van der Waals surface area contributed by atoms with E-state index in [0.717, 1.165) is 17.0 Å². The lowest BCUT2D eigenvalue weighted by Gasteiger charge is -2.15. The van der Waals surface area contributed by atoms with Gasteiger partial charge in [0.05, 0.1) is 29.0 Å². The van der Waals surface area contributed by atoms with Crippen molar-refractivity contribution in [3.05, 3.63) is 65.0 Å². The van der Waals surface area contributed by atoms with Crippen molar-refractivity contribution in [3.63, 3.8) is 0 Å². The van der Waals surface area contributed by atoms with Crippen LogP contribution in [0.15, 0.2) is 42.5 Å². The van der Waals surface area contributed by atoms with E-state index in [9.17, 15) is 18.8 Å². The van der Waals surface area contributed by atoms with Crippen molar-refractivity contribution >= 4 is 23.5 Å². The van der Waals surface area contributed by atoms with Gasteiger partial charge in [0.15, 0.2) is 0 Å². The zero-order chi connectivity index (χ0) is 16.6. The van der Waals surface area contributed by atoms with Crippen molar-refractivity contribution in [2.45, 2.75) is 6.92 Å². The minimum Gasteiger partial charge on any atom is -0.462 e. The number of hydrogen-bond acceptors (Lipinski definition) is 4. The lowest BCUT2D eigenvalue weighted by atomic mass is 10.1. The summed E-state index contributed by atoms with van der Waals surface area (Å²) in [4.78, 5) is 37.4. The Labute approximate surface area is 131 Å². The van der Waals surface area contributed by atoms with Gasteiger partial charge in [-0.2, -0.15) is 0 Å². The van der Waals surface area contributed by atoms with Gasteiger partial charge in [-0.25, -0.2) is 14.1 Å². The van der Waals surface area contributed by atoms with E-state index >= 15 is 0 Å². The van der Waals surface area contributed by atoms with Gasteiger partial charge in [0.1, 0.15) is 5.82 Å². The topological polar surface area (TPSA) is 63.7 Å². The molecular weight excluding hydrogens is 301 g/mol. The minimum absolute atomic E-state index is 0.000692. The zero-order valence-corrected chi connectivity index (χ0v) is 12.2. The molecule has 0 bridgehead atoms. The lowest BCUT2D eigenvalue weighted by molar-refractivity contribution is 0.0525. The molecule has 0 atom stereocenters. The van der Waals surface area contributed by atoms with Crippen LogP contribution in [0.25, 0.3) is 0 Å². The van der Waals surface area contributed by atoms with E-state index in [0.29, 0.717) is 0 Å². The molecule has 0 aliphatic carbocycles. The van der Waals surface area contributed by atoms with Gasteiger partial charge in [0, 0.05) is 0 Å². The Bertz CT molecular complexity index is 796. The molecule has 5 nitrogen and oxygen atoms in total. The standard InChI is InChI=1S/C17H12FNO4/c1-2-23-17(22)10-7-11(18)9-12(8-10)19-15(20)13-5-3-4-6-14(13)16(19)21/h3-9H,2H2,1H3. The Morgan fingerprint density at radius 3 is 2.26 bits per heavy atom. The van der Waals surface area contributed by atoms with E-state index in [1.54, 1.807) is 19.1 Å². The molecule has 0 N–H and O–H groups in total. The number of amides is 2. The third-order valence-corrected chi connectivity index (χ3v) is 3.45. The number of carbonyl (C=O) groups excluding carboxylic acids is 3. The number of carbonyl (C=O) groups is 3. The highest BCUT2D eigenvalue weighted by Crippen LogP contribution is 2.29. The van der Waals surface area contributed by atoms with E-state index in [1.807, 2.05) is 0 Å². The maximum Gasteiger partial charge on any atom is 0.338 e. The van der Waals surface area contributed by atoms with Crippen molar-refractivity contribution in [1.82, 2.24) is 0 Å². The van der Waals surface area contributed by atoms with Crippen LogP contribution < -0.4 is 4.90 Å². The summed E-state index contributed by atoms with van der Waals surface area (Å²) in [7, 11) is 0. The van der Waals surface area contributed by atoms with Crippen LogP contribution in [0.5, 0.6) is 0 Å². The van der Waals surface area contributed by atoms with Crippen LogP contribution in [0, 0.1) is 5.82 Å². The van der Waals surface area contributed by atoms with Crippen LogP contribution in [0.1, 0.15) is 38.0 Å². The van der Waals surface area contributed by atoms with E-state index in [-0.39, 0.29) is 29.0 Å². The Kier molecular flexibility index (Phi) is 3.65. The van der Waals surface area contributed by atoms with Crippen molar-refractivity contribution in [1.29, 1.82) is 0 Å². The molecule has 0 radical (unpaired) electrons. The molecular formula is C17H12FNO4. The molecule has 0 spiro atoms. The second kappa shape index (κ2) is 5.64. The molecule has 0 aromatic heterocycles. The number of ether oxygens (including phenoxy) is 1. The predicted octanol–water partition coefficient (Wildman–Crippen LogP) is 2.80. The number of halogens is 1. The lowest BCUT2D eigenvalue weighted by Crippen LogP contribution is -2.29. The second-order valence-electron chi connectivity index (χ2n) is 4.91. The summed E-state index contributed by atoms with van der Waals surface area (Å²) < 4.78 is 18.6. The van der Waals surface area contributed by atoms with Crippen LogP contribution in [-0.2, 0) is 4.74 Å². The van der Waals surface area contributed by atoms with Crippen LogP contribution >= 0.6 is 0 Å². The smallest absolute Gasteiger partial charge is 0.338 e. The van der Waals surface area contributed by atoms with Gasteiger partial charge in [0.25, 0.3) is 11.8 Å². The van der Waals surface area contributed by atoms with Crippen LogP contribution in [0.2, 0.25) is 0 Å². The van der Waals surface area contributed by atoms with Crippen molar-refractivity contribution in [2.24, 2.45) is 0 Å². The molecule has 0 saturated heterocycles. The van der Waals surface area contributed by atoms with Crippen molar-refractivity contribution < 1.29 is 23.5 Å². The molecule has 1 aliphatic heterocycles. The first-order valence-electron chi connectivity index (χ1n) is 6.98. The third kappa shape index (κ3) is 2.48. The first-order valence-corrected chi connectivity index (χ1v) is 6.98. The average molecular weight is 313 g/mol. The Hall–Kier alpha value is -3.02. The normalized spacial score (nSPS) is 13.2. The maximum absolute atomic E-state index is 13.8. The molecule has 0 fully saturated rings. The van der Waals surface area contributed by atoms with E-state index in [4.69, 9.17) is 4.74 Å². The molecule has 1 heterocycles.